The van der Waals surface area contributed by atoms with Crippen molar-refractivity contribution in [3.8, 4) is 5.75 Å². The lowest BCUT2D eigenvalue weighted by Crippen LogP contribution is -2.36. The fraction of sp³-hybridized carbons (Fsp3) is 0.250. The van der Waals surface area contributed by atoms with Crippen molar-refractivity contribution in [3.63, 3.8) is 0 Å². The van der Waals surface area contributed by atoms with Gasteiger partial charge in [-0.05, 0) is 29.3 Å². The standard InChI is InChI=1S/C16H16F3N3O2/c1-22(15(23)21-10-13-3-2-8-20-9-13)11-12-4-6-14(7-5-12)24-16(17,18)19/h2-9H,10-11H2,1H3,(H,21,23). The number of nitrogens with one attached hydrogen (secondary N) is 1. The summed E-state index contributed by atoms with van der Waals surface area (Å²) in [7, 11) is 1.60. The molecule has 1 heterocycles. The number of rotatable bonds is 5. The van der Waals surface area contributed by atoms with Crippen LogP contribution in [0.4, 0.5) is 18.0 Å². The highest BCUT2D eigenvalue weighted by Crippen LogP contribution is 2.22. The molecule has 0 atom stereocenters. The van der Waals surface area contributed by atoms with E-state index in [-0.39, 0.29) is 18.3 Å². The van der Waals surface area contributed by atoms with Gasteiger partial charge in [-0.2, -0.15) is 0 Å². The number of carbonyl (C=O) groups excluding carboxylic acids is 1. The quantitative estimate of drug-likeness (QED) is 0.909. The zero-order chi connectivity index (χ0) is 17.6. The van der Waals surface area contributed by atoms with Gasteiger partial charge in [0.1, 0.15) is 5.75 Å². The fourth-order valence-electron chi connectivity index (χ4n) is 1.96. The molecule has 8 heteroatoms. The van der Waals surface area contributed by atoms with Crippen LogP contribution in [-0.4, -0.2) is 29.3 Å². The van der Waals surface area contributed by atoms with Gasteiger partial charge < -0.3 is 15.0 Å². The number of hydrogen-bond donors (Lipinski definition) is 1. The Kier molecular flexibility index (Phi) is 5.62. The smallest absolute Gasteiger partial charge is 0.406 e. The first-order valence-electron chi connectivity index (χ1n) is 7.06. The summed E-state index contributed by atoms with van der Waals surface area (Å²) in [6, 6.07) is 8.70. The van der Waals surface area contributed by atoms with Gasteiger partial charge in [-0.1, -0.05) is 18.2 Å². The Balaban J connectivity index is 1.84. The molecule has 24 heavy (non-hydrogen) atoms. The molecule has 0 fully saturated rings. The molecule has 0 radical (unpaired) electrons. The van der Waals surface area contributed by atoms with E-state index in [1.165, 1.54) is 29.2 Å². The van der Waals surface area contributed by atoms with Gasteiger partial charge in [0.2, 0.25) is 0 Å². The van der Waals surface area contributed by atoms with Crippen molar-refractivity contribution in [2.75, 3.05) is 7.05 Å². The number of nitrogens with zero attached hydrogens (tertiary/aromatic N) is 2. The fourth-order valence-corrected chi connectivity index (χ4v) is 1.96. The number of aromatic nitrogens is 1. The predicted molar refractivity (Wildman–Crippen MR) is 81.1 cm³/mol. The number of ether oxygens (including phenoxy) is 1. The van der Waals surface area contributed by atoms with Crippen LogP contribution in [0.3, 0.4) is 0 Å². The molecule has 1 aromatic carbocycles. The minimum absolute atomic E-state index is 0.255. The first-order chi connectivity index (χ1) is 11.3. The van der Waals surface area contributed by atoms with Crippen LogP contribution in [-0.2, 0) is 13.1 Å². The van der Waals surface area contributed by atoms with Gasteiger partial charge in [-0.3, -0.25) is 4.98 Å². The topological polar surface area (TPSA) is 54.5 Å². The number of benzene rings is 1. The average Bonchev–Trinajstić information content (AvgIpc) is 2.54. The highest BCUT2D eigenvalue weighted by molar-refractivity contribution is 5.73. The Morgan fingerprint density at radius 3 is 2.50 bits per heavy atom. The molecule has 2 aromatic rings. The number of urea groups is 1. The van der Waals surface area contributed by atoms with Crippen LogP contribution >= 0.6 is 0 Å². The van der Waals surface area contributed by atoms with E-state index in [0.717, 1.165) is 5.56 Å². The molecule has 0 aliphatic carbocycles. The molecule has 0 aliphatic heterocycles. The lowest BCUT2D eigenvalue weighted by Gasteiger charge is -2.18. The predicted octanol–water partition coefficient (Wildman–Crippen LogP) is 3.32. The van der Waals surface area contributed by atoms with E-state index in [0.29, 0.717) is 12.1 Å². The van der Waals surface area contributed by atoms with Crippen LogP contribution in [0.5, 0.6) is 5.75 Å². The third kappa shape index (κ3) is 5.79. The van der Waals surface area contributed by atoms with Crippen LogP contribution in [0.2, 0.25) is 0 Å². The maximum atomic E-state index is 12.1. The average molecular weight is 339 g/mol. The second-order valence-electron chi connectivity index (χ2n) is 5.07. The Bertz CT molecular complexity index is 661. The number of hydrogen-bond acceptors (Lipinski definition) is 3. The molecule has 5 nitrogen and oxygen atoms in total. The lowest BCUT2D eigenvalue weighted by molar-refractivity contribution is -0.274. The van der Waals surface area contributed by atoms with Crippen molar-refractivity contribution in [3.05, 3.63) is 59.9 Å². The van der Waals surface area contributed by atoms with Crippen molar-refractivity contribution in [1.29, 1.82) is 0 Å². The first-order valence-corrected chi connectivity index (χ1v) is 7.06. The van der Waals surface area contributed by atoms with Crippen LogP contribution in [0.15, 0.2) is 48.8 Å². The number of alkyl halides is 3. The summed E-state index contributed by atoms with van der Waals surface area (Å²) in [4.78, 5) is 17.4. The maximum absolute atomic E-state index is 12.1. The van der Waals surface area contributed by atoms with E-state index in [2.05, 4.69) is 15.0 Å². The second kappa shape index (κ2) is 7.67. The summed E-state index contributed by atoms with van der Waals surface area (Å²) in [6.07, 6.45) is -1.42. The molecule has 1 aromatic heterocycles. The molecule has 0 unspecified atom stereocenters. The molecular formula is C16H16F3N3O2. The third-order valence-corrected chi connectivity index (χ3v) is 3.09. The van der Waals surface area contributed by atoms with Crippen molar-refractivity contribution in [2.24, 2.45) is 0 Å². The van der Waals surface area contributed by atoms with Gasteiger partial charge in [0.15, 0.2) is 0 Å². The molecule has 2 amide bonds. The normalized spacial score (nSPS) is 11.0. The Morgan fingerprint density at radius 2 is 1.92 bits per heavy atom. The molecule has 0 saturated carbocycles. The minimum Gasteiger partial charge on any atom is -0.406 e. The van der Waals surface area contributed by atoms with E-state index >= 15 is 0 Å². The minimum atomic E-state index is -4.72. The van der Waals surface area contributed by atoms with Gasteiger partial charge in [-0.25, -0.2) is 4.79 Å². The monoisotopic (exact) mass is 339 g/mol. The van der Waals surface area contributed by atoms with E-state index in [4.69, 9.17) is 0 Å². The Labute approximate surface area is 137 Å². The van der Waals surface area contributed by atoms with Crippen LogP contribution in [0.1, 0.15) is 11.1 Å². The SMILES string of the molecule is CN(Cc1ccc(OC(F)(F)F)cc1)C(=O)NCc1cccnc1. The Morgan fingerprint density at radius 1 is 1.21 bits per heavy atom. The molecular weight excluding hydrogens is 323 g/mol. The maximum Gasteiger partial charge on any atom is 0.573 e. The highest BCUT2D eigenvalue weighted by Gasteiger charge is 2.30. The van der Waals surface area contributed by atoms with Gasteiger partial charge in [-0.15, -0.1) is 13.2 Å². The summed E-state index contributed by atoms with van der Waals surface area (Å²) in [5.41, 5.74) is 1.55. The van der Waals surface area contributed by atoms with Gasteiger partial charge in [0.25, 0.3) is 0 Å². The van der Waals surface area contributed by atoms with Crippen LogP contribution in [0, 0.1) is 0 Å². The molecule has 0 aliphatic rings. The summed E-state index contributed by atoms with van der Waals surface area (Å²) in [6.45, 7) is 0.598. The van der Waals surface area contributed by atoms with Crippen molar-refractivity contribution < 1.29 is 22.7 Å². The molecule has 0 bridgehead atoms. The molecule has 1 N–H and O–H groups in total. The first kappa shape index (κ1) is 17.6. The zero-order valence-electron chi connectivity index (χ0n) is 12.9. The number of halogens is 3. The van der Waals surface area contributed by atoms with E-state index in [1.807, 2.05) is 6.07 Å². The van der Waals surface area contributed by atoms with E-state index < -0.39 is 6.36 Å². The van der Waals surface area contributed by atoms with Crippen molar-refractivity contribution >= 4 is 6.03 Å². The highest BCUT2D eigenvalue weighted by atomic mass is 19.4. The summed E-state index contributed by atoms with van der Waals surface area (Å²) in [5, 5.41) is 2.73. The van der Waals surface area contributed by atoms with E-state index in [9.17, 15) is 18.0 Å². The van der Waals surface area contributed by atoms with Gasteiger partial charge in [0.05, 0.1) is 0 Å². The second-order valence-corrected chi connectivity index (χ2v) is 5.07. The van der Waals surface area contributed by atoms with Gasteiger partial charge >= 0.3 is 12.4 Å². The lowest BCUT2D eigenvalue weighted by atomic mass is 10.2. The Hall–Kier alpha value is -2.77. The van der Waals surface area contributed by atoms with Crippen LogP contribution in [0.25, 0.3) is 0 Å². The van der Waals surface area contributed by atoms with Gasteiger partial charge in [0, 0.05) is 32.5 Å². The molecule has 2 rings (SSSR count). The summed E-state index contributed by atoms with van der Waals surface area (Å²) >= 11 is 0. The summed E-state index contributed by atoms with van der Waals surface area (Å²) < 4.78 is 40.1. The van der Waals surface area contributed by atoms with Crippen molar-refractivity contribution in [1.82, 2.24) is 15.2 Å². The summed E-state index contributed by atoms with van der Waals surface area (Å²) in [5.74, 6) is -0.296. The molecule has 128 valence electrons. The van der Waals surface area contributed by atoms with Crippen molar-refractivity contribution in [2.45, 2.75) is 19.5 Å². The molecule has 0 saturated heterocycles. The van der Waals surface area contributed by atoms with Crippen LogP contribution < -0.4 is 10.1 Å². The number of pyridine rings is 1. The number of amides is 2. The number of carbonyl (C=O) groups is 1. The largest absolute Gasteiger partial charge is 0.573 e. The molecule has 0 spiro atoms. The zero-order valence-corrected chi connectivity index (χ0v) is 12.9. The third-order valence-electron chi connectivity index (χ3n) is 3.09. The van der Waals surface area contributed by atoms with E-state index in [1.54, 1.807) is 25.5 Å².